The maximum atomic E-state index is 11.6. The molecule has 2 rings (SSSR count). The molecule has 7 atom stereocenters. The normalized spacial score (nSPS) is 23.0. The van der Waals surface area contributed by atoms with Crippen LogP contribution in [0.15, 0.2) is 11.6 Å². The Morgan fingerprint density at radius 2 is 1.09 bits per heavy atom. The van der Waals surface area contributed by atoms with E-state index in [4.69, 9.17) is 9.47 Å². The summed E-state index contributed by atoms with van der Waals surface area (Å²) in [4.78, 5) is 11.6. The Bertz CT molecular complexity index is 756. The first kappa shape index (κ1) is 39.2. The first-order chi connectivity index (χ1) is 21.3. The maximum absolute atomic E-state index is 11.6. The summed E-state index contributed by atoms with van der Waals surface area (Å²) in [6.45, 7) is 4.09. The summed E-state index contributed by atoms with van der Waals surface area (Å²) in [7, 11) is 0. The van der Waals surface area contributed by atoms with Gasteiger partial charge in [-0.3, -0.25) is 0 Å². The molecule has 44 heavy (non-hydrogen) atoms. The van der Waals surface area contributed by atoms with E-state index in [9.17, 15) is 25.2 Å². The Balaban J connectivity index is 1.39. The van der Waals surface area contributed by atoms with Crippen LogP contribution in [0.25, 0.3) is 0 Å². The van der Waals surface area contributed by atoms with E-state index in [0.29, 0.717) is 31.3 Å². The summed E-state index contributed by atoms with van der Waals surface area (Å²) in [5.41, 5.74) is 0.604. The minimum atomic E-state index is -0.579. The molecule has 0 aromatic carbocycles. The van der Waals surface area contributed by atoms with Crippen LogP contribution in [0.3, 0.4) is 0 Å². The van der Waals surface area contributed by atoms with Gasteiger partial charge in [-0.2, -0.15) is 0 Å². The molecular formula is C37H68O7. The van der Waals surface area contributed by atoms with Crippen LogP contribution in [0.1, 0.15) is 174 Å². The van der Waals surface area contributed by atoms with Crippen molar-refractivity contribution in [3.05, 3.63) is 11.6 Å². The molecule has 0 aromatic heterocycles. The lowest BCUT2D eigenvalue weighted by Gasteiger charge is -2.23. The largest absolute Gasteiger partial charge is 0.455 e. The second kappa shape index (κ2) is 24.2. The summed E-state index contributed by atoms with van der Waals surface area (Å²) >= 11 is 0. The van der Waals surface area contributed by atoms with Crippen LogP contribution in [0, 0.1) is 0 Å². The molecule has 4 N–H and O–H groups in total. The molecule has 2 aliphatic heterocycles. The molecule has 0 amide bonds. The van der Waals surface area contributed by atoms with Crippen LogP contribution in [0.4, 0.5) is 0 Å². The molecule has 0 aromatic rings. The van der Waals surface area contributed by atoms with E-state index in [1.54, 1.807) is 6.08 Å². The number of unbranched alkanes of at least 4 members (excludes halogenated alkanes) is 15. The number of carbonyl (C=O) groups is 1. The first-order valence-corrected chi connectivity index (χ1v) is 18.6. The molecule has 0 saturated carbocycles. The van der Waals surface area contributed by atoms with Gasteiger partial charge in [0.1, 0.15) is 6.10 Å². The summed E-state index contributed by atoms with van der Waals surface area (Å²) in [6.07, 6.45) is 25.1. The predicted octanol–water partition coefficient (Wildman–Crippen LogP) is 7.84. The number of ether oxygens (including phenoxy) is 2. The van der Waals surface area contributed by atoms with Gasteiger partial charge in [-0.1, -0.05) is 116 Å². The van der Waals surface area contributed by atoms with Crippen molar-refractivity contribution < 1.29 is 34.7 Å². The van der Waals surface area contributed by atoms with Crippen molar-refractivity contribution in [2.24, 2.45) is 0 Å². The number of hydrogen-bond acceptors (Lipinski definition) is 7. The van der Waals surface area contributed by atoms with E-state index >= 15 is 0 Å². The molecule has 7 nitrogen and oxygen atoms in total. The van der Waals surface area contributed by atoms with Gasteiger partial charge in [0.15, 0.2) is 0 Å². The highest BCUT2D eigenvalue weighted by Gasteiger charge is 2.34. The number of rotatable bonds is 28. The molecule has 2 heterocycles. The number of cyclic esters (lactones) is 1. The standard InChI is InChI=1S/C37H68O7/c1-3-4-5-6-7-8-9-13-16-19-22-33(40)35-25-26-36(44-35)34(41)24-23-31(38)20-17-14-11-10-12-15-18-21-32(39)28-30-27-29(2)43-37(30)42/h27,29,31-36,38-41H,3-26,28H2,1-2H3/t29-,31-,32+,33+,34+,35+,36+/m0/s1. The number of carbonyl (C=O) groups excluding carboxylic acids is 1. The zero-order valence-corrected chi connectivity index (χ0v) is 28.3. The van der Waals surface area contributed by atoms with Crippen molar-refractivity contribution in [2.75, 3.05) is 0 Å². The molecule has 0 unspecified atom stereocenters. The minimum absolute atomic E-state index is 0.164. The van der Waals surface area contributed by atoms with Crippen molar-refractivity contribution in [3.63, 3.8) is 0 Å². The number of aliphatic hydroxyl groups is 4. The SMILES string of the molecule is CCCCCCCCCCCC[C@@H](O)[C@H]1CC[C@H]([C@H](O)CC[C@@H](O)CCCCCCCCC[C@@H](O)CC2=C[C@H](C)OC2=O)O1. The van der Waals surface area contributed by atoms with E-state index < -0.39 is 18.3 Å². The second-order valence-corrected chi connectivity index (χ2v) is 13.8. The fraction of sp³-hybridized carbons (Fsp3) is 0.919. The van der Waals surface area contributed by atoms with E-state index in [1.165, 1.54) is 57.8 Å². The molecule has 7 heteroatoms. The highest BCUT2D eigenvalue weighted by atomic mass is 16.5. The van der Waals surface area contributed by atoms with E-state index in [1.807, 2.05) is 6.92 Å². The highest BCUT2D eigenvalue weighted by Crippen LogP contribution is 2.28. The highest BCUT2D eigenvalue weighted by molar-refractivity contribution is 5.90. The maximum Gasteiger partial charge on any atom is 0.334 e. The smallest absolute Gasteiger partial charge is 0.334 e. The van der Waals surface area contributed by atoms with Crippen LogP contribution in [0.2, 0.25) is 0 Å². The molecule has 0 bridgehead atoms. The van der Waals surface area contributed by atoms with Crippen LogP contribution in [-0.4, -0.2) is 69.1 Å². The van der Waals surface area contributed by atoms with Crippen molar-refractivity contribution >= 4 is 5.97 Å². The van der Waals surface area contributed by atoms with E-state index in [2.05, 4.69) is 6.92 Å². The zero-order chi connectivity index (χ0) is 32.0. The van der Waals surface area contributed by atoms with Gasteiger partial charge in [-0.05, 0) is 57.9 Å². The van der Waals surface area contributed by atoms with Gasteiger partial charge in [-0.15, -0.1) is 0 Å². The Morgan fingerprint density at radius 1 is 0.636 bits per heavy atom. The Labute approximate surface area is 269 Å². The molecule has 1 fully saturated rings. The molecule has 0 spiro atoms. The van der Waals surface area contributed by atoms with Gasteiger partial charge in [-0.25, -0.2) is 4.79 Å². The van der Waals surface area contributed by atoms with Crippen LogP contribution < -0.4 is 0 Å². The Hall–Kier alpha value is -0.990. The molecule has 1 saturated heterocycles. The third kappa shape index (κ3) is 17.6. The van der Waals surface area contributed by atoms with Gasteiger partial charge >= 0.3 is 5.97 Å². The van der Waals surface area contributed by atoms with Crippen molar-refractivity contribution in [1.29, 1.82) is 0 Å². The minimum Gasteiger partial charge on any atom is -0.455 e. The molecule has 258 valence electrons. The zero-order valence-electron chi connectivity index (χ0n) is 28.3. The third-order valence-corrected chi connectivity index (χ3v) is 9.61. The average Bonchev–Trinajstić information content (AvgIpc) is 3.62. The lowest BCUT2D eigenvalue weighted by Crippen LogP contribution is -2.31. The van der Waals surface area contributed by atoms with Crippen molar-refractivity contribution in [2.45, 2.75) is 217 Å². The fourth-order valence-corrected chi connectivity index (χ4v) is 6.76. The summed E-state index contributed by atoms with van der Waals surface area (Å²) < 4.78 is 11.1. The van der Waals surface area contributed by atoms with Crippen LogP contribution in [-0.2, 0) is 14.3 Å². The molecule has 2 aliphatic rings. The van der Waals surface area contributed by atoms with Crippen LogP contribution in [0.5, 0.6) is 0 Å². The van der Waals surface area contributed by atoms with Crippen LogP contribution >= 0.6 is 0 Å². The van der Waals surface area contributed by atoms with Gasteiger partial charge < -0.3 is 29.9 Å². The Kier molecular flexibility index (Phi) is 21.6. The lowest BCUT2D eigenvalue weighted by atomic mass is 9.99. The number of esters is 1. The van der Waals surface area contributed by atoms with Crippen molar-refractivity contribution in [3.8, 4) is 0 Å². The Morgan fingerprint density at radius 3 is 1.59 bits per heavy atom. The van der Waals surface area contributed by atoms with Crippen molar-refractivity contribution in [1.82, 2.24) is 0 Å². The topological polar surface area (TPSA) is 116 Å². The average molecular weight is 625 g/mol. The molecule has 0 aliphatic carbocycles. The fourth-order valence-electron chi connectivity index (χ4n) is 6.76. The van der Waals surface area contributed by atoms with E-state index in [-0.39, 0.29) is 30.4 Å². The summed E-state index contributed by atoms with van der Waals surface area (Å²) in [5.74, 6) is -0.292. The molecular weight excluding hydrogens is 556 g/mol. The number of hydrogen-bond donors (Lipinski definition) is 4. The van der Waals surface area contributed by atoms with Gasteiger partial charge in [0.25, 0.3) is 0 Å². The third-order valence-electron chi connectivity index (χ3n) is 9.61. The lowest BCUT2D eigenvalue weighted by molar-refractivity contribution is -0.139. The predicted molar refractivity (Wildman–Crippen MR) is 177 cm³/mol. The quantitative estimate of drug-likeness (QED) is 0.0518. The van der Waals surface area contributed by atoms with Gasteiger partial charge in [0.2, 0.25) is 0 Å². The monoisotopic (exact) mass is 624 g/mol. The van der Waals surface area contributed by atoms with Gasteiger partial charge in [0.05, 0.1) is 36.6 Å². The first-order valence-electron chi connectivity index (χ1n) is 18.6. The summed E-state index contributed by atoms with van der Waals surface area (Å²) in [6, 6.07) is 0. The number of aliphatic hydroxyl groups excluding tert-OH is 4. The second-order valence-electron chi connectivity index (χ2n) is 13.8. The molecule has 0 radical (unpaired) electrons. The van der Waals surface area contributed by atoms with Gasteiger partial charge in [0, 0.05) is 12.0 Å². The summed E-state index contributed by atoms with van der Waals surface area (Å²) in [5, 5.41) is 41.8. The van der Waals surface area contributed by atoms with E-state index in [0.717, 1.165) is 77.0 Å².